The standard InChI is InChI=1S/C13H23BrN2O3/c1-8(2)11(14)13(18)16-5-6-19-7-10(16)12(17)15-9(3)4/h8-11H,5-7H2,1-4H3,(H,15,17). The third-order valence-corrected chi connectivity index (χ3v) is 4.42. The van der Waals surface area contributed by atoms with E-state index in [-0.39, 0.29) is 35.2 Å². The molecule has 2 amide bonds. The lowest BCUT2D eigenvalue weighted by Crippen LogP contribution is -2.58. The Balaban J connectivity index is 2.77. The maximum absolute atomic E-state index is 12.4. The predicted octanol–water partition coefficient (Wildman–Crippen LogP) is 1.16. The van der Waals surface area contributed by atoms with Crippen molar-refractivity contribution in [3.8, 4) is 0 Å². The summed E-state index contributed by atoms with van der Waals surface area (Å²) in [4.78, 5) is 25.9. The molecule has 6 heteroatoms. The topological polar surface area (TPSA) is 58.6 Å². The first-order valence-electron chi connectivity index (χ1n) is 6.67. The maximum Gasteiger partial charge on any atom is 0.245 e. The lowest BCUT2D eigenvalue weighted by molar-refractivity contribution is -0.148. The summed E-state index contributed by atoms with van der Waals surface area (Å²) < 4.78 is 5.34. The number of carbonyl (C=O) groups is 2. The van der Waals surface area contributed by atoms with Crippen molar-refractivity contribution in [2.75, 3.05) is 19.8 Å². The quantitative estimate of drug-likeness (QED) is 0.785. The van der Waals surface area contributed by atoms with E-state index in [1.807, 2.05) is 27.7 Å². The summed E-state index contributed by atoms with van der Waals surface area (Å²) in [5.41, 5.74) is 0. The molecule has 0 aromatic carbocycles. The van der Waals surface area contributed by atoms with Crippen molar-refractivity contribution in [1.29, 1.82) is 0 Å². The molecule has 0 aliphatic carbocycles. The highest BCUT2D eigenvalue weighted by atomic mass is 79.9. The summed E-state index contributed by atoms with van der Waals surface area (Å²) in [7, 11) is 0. The van der Waals surface area contributed by atoms with E-state index in [0.717, 1.165) is 0 Å². The molecule has 1 aliphatic heterocycles. The number of hydrogen-bond acceptors (Lipinski definition) is 3. The van der Waals surface area contributed by atoms with Crippen LogP contribution in [0.1, 0.15) is 27.7 Å². The summed E-state index contributed by atoms with van der Waals surface area (Å²) in [6.45, 7) is 8.95. The number of nitrogens with zero attached hydrogens (tertiary/aromatic N) is 1. The molecule has 1 aliphatic rings. The largest absolute Gasteiger partial charge is 0.377 e. The number of morpholine rings is 1. The highest BCUT2D eigenvalue weighted by Gasteiger charge is 2.36. The third-order valence-electron chi connectivity index (χ3n) is 2.97. The van der Waals surface area contributed by atoms with Gasteiger partial charge < -0.3 is 15.0 Å². The number of hydrogen-bond donors (Lipinski definition) is 1. The van der Waals surface area contributed by atoms with Gasteiger partial charge in [0.15, 0.2) is 0 Å². The Morgan fingerprint density at radius 2 is 1.95 bits per heavy atom. The Morgan fingerprint density at radius 3 is 2.47 bits per heavy atom. The zero-order valence-electron chi connectivity index (χ0n) is 12.0. The van der Waals surface area contributed by atoms with E-state index in [1.54, 1.807) is 4.90 Å². The van der Waals surface area contributed by atoms with Crippen LogP contribution in [0.3, 0.4) is 0 Å². The number of alkyl halides is 1. The van der Waals surface area contributed by atoms with Crippen molar-refractivity contribution in [3.05, 3.63) is 0 Å². The summed E-state index contributed by atoms with van der Waals surface area (Å²) >= 11 is 3.41. The smallest absolute Gasteiger partial charge is 0.245 e. The van der Waals surface area contributed by atoms with Crippen molar-refractivity contribution in [3.63, 3.8) is 0 Å². The van der Waals surface area contributed by atoms with E-state index in [1.165, 1.54) is 0 Å². The van der Waals surface area contributed by atoms with Crippen LogP contribution in [0, 0.1) is 5.92 Å². The average molecular weight is 335 g/mol. The molecular formula is C13H23BrN2O3. The van der Waals surface area contributed by atoms with Crippen molar-refractivity contribution in [2.24, 2.45) is 5.92 Å². The fourth-order valence-corrected chi connectivity index (χ4v) is 2.17. The zero-order chi connectivity index (χ0) is 14.6. The van der Waals surface area contributed by atoms with Crippen LogP contribution in [-0.2, 0) is 14.3 Å². The van der Waals surface area contributed by atoms with Crippen LogP contribution in [0.15, 0.2) is 0 Å². The van der Waals surface area contributed by atoms with Gasteiger partial charge in [-0.3, -0.25) is 9.59 Å². The Labute approximate surface area is 123 Å². The number of rotatable bonds is 4. The Kier molecular flexibility index (Phi) is 6.26. The van der Waals surface area contributed by atoms with Crippen LogP contribution >= 0.6 is 15.9 Å². The van der Waals surface area contributed by atoms with Crippen LogP contribution in [0.25, 0.3) is 0 Å². The molecule has 1 heterocycles. The van der Waals surface area contributed by atoms with Crippen molar-refractivity contribution in [2.45, 2.75) is 44.6 Å². The van der Waals surface area contributed by atoms with Gasteiger partial charge in [0, 0.05) is 12.6 Å². The SMILES string of the molecule is CC(C)NC(=O)C1COCCN1C(=O)C(Br)C(C)C. The highest BCUT2D eigenvalue weighted by Crippen LogP contribution is 2.18. The molecule has 2 atom stereocenters. The normalized spacial score (nSPS) is 21.6. The summed E-state index contributed by atoms with van der Waals surface area (Å²) in [6, 6.07) is -0.473. The number of amides is 2. The Morgan fingerprint density at radius 1 is 1.32 bits per heavy atom. The van der Waals surface area contributed by atoms with Gasteiger partial charge in [-0.1, -0.05) is 29.8 Å². The first-order valence-corrected chi connectivity index (χ1v) is 7.58. The average Bonchev–Trinajstić information content (AvgIpc) is 2.36. The fraction of sp³-hybridized carbons (Fsp3) is 0.846. The van der Waals surface area contributed by atoms with Crippen molar-refractivity contribution < 1.29 is 14.3 Å². The molecule has 5 nitrogen and oxygen atoms in total. The molecule has 1 rings (SSSR count). The van der Waals surface area contributed by atoms with E-state index in [2.05, 4.69) is 21.2 Å². The third kappa shape index (κ3) is 4.45. The van der Waals surface area contributed by atoms with Crippen LogP contribution in [0.2, 0.25) is 0 Å². The molecule has 0 radical (unpaired) electrons. The molecule has 110 valence electrons. The molecule has 0 aromatic heterocycles. The highest BCUT2D eigenvalue weighted by molar-refractivity contribution is 9.10. The molecule has 0 saturated carbocycles. The molecule has 19 heavy (non-hydrogen) atoms. The second-order valence-electron chi connectivity index (χ2n) is 5.43. The summed E-state index contributed by atoms with van der Waals surface area (Å²) in [5.74, 6) is -0.00197. The van der Waals surface area contributed by atoms with Gasteiger partial charge in [-0.25, -0.2) is 0 Å². The first kappa shape index (κ1) is 16.4. The minimum atomic E-state index is -0.526. The molecular weight excluding hydrogens is 312 g/mol. The van der Waals surface area contributed by atoms with Crippen LogP contribution in [0.4, 0.5) is 0 Å². The van der Waals surface area contributed by atoms with Gasteiger partial charge in [0.25, 0.3) is 0 Å². The lowest BCUT2D eigenvalue weighted by atomic mass is 10.1. The van der Waals surface area contributed by atoms with Gasteiger partial charge in [-0.2, -0.15) is 0 Å². The molecule has 0 bridgehead atoms. The molecule has 2 unspecified atom stereocenters. The number of carbonyl (C=O) groups excluding carboxylic acids is 2. The van der Waals surface area contributed by atoms with Gasteiger partial charge in [-0.05, 0) is 19.8 Å². The van der Waals surface area contributed by atoms with Gasteiger partial charge >= 0.3 is 0 Å². The predicted molar refractivity (Wildman–Crippen MR) is 77.2 cm³/mol. The Hall–Kier alpha value is -0.620. The van der Waals surface area contributed by atoms with Crippen molar-refractivity contribution >= 4 is 27.7 Å². The van der Waals surface area contributed by atoms with Crippen LogP contribution in [-0.4, -0.2) is 53.4 Å². The number of halogens is 1. The maximum atomic E-state index is 12.4. The molecule has 1 N–H and O–H groups in total. The monoisotopic (exact) mass is 334 g/mol. The Bertz CT molecular complexity index is 334. The number of nitrogens with one attached hydrogen (secondary N) is 1. The molecule has 0 spiro atoms. The van der Waals surface area contributed by atoms with Crippen LogP contribution in [0.5, 0.6) is 0 Å². The van der Waals surface area contributed by atoms with Crippen molar-refractivity contribution in [1.82, 2.24) is 10.2 Å². The fourth-order valence-electron chi connectivity index (χ4n) is 1.91. The van der Waals surface area contributed by atoms with Gasteiger partial charge in [0.2, 0.25) is 11.8 Å². The van der Waals surface area contributed by atoms with E-state index < -0.39 is 6.04 Å². The van der Waals surface area contributed by atoms with Crippen LogP contribution < -0.4 is 5.32 Å². The second-order valence-corrected chi connectivity index (χ2v) is 6.42. The van der Waals surface area contributed by atoms with Gasteiger partial charge in [0.1, 0.15) is 6.04 Å². The molecule has 1 fully saturated rings. The minimum absolute atomic E-state index is 0.0396. The zero-order valence-corrected chi connectivity index (χ0v) is 13.6. The summed E-state index contributed by atoms with van der Waals surface area (Å²) in [6.07, 6.45) is 0. The number of ether oxygens (including phenoxy) is 1. The lowest BCUT2D eigenvalue weighted by Gasteiger charge is -2.36. The summed E-state index contributed by atoms with van der Waals surface area (Å²) in [5, 5.41) is 2.84. The molecule has 1 saturated heterocycles. The van der Waals surface area contributed by atoms with E-state index in [9.17, 15) is 9.59 Å². The van der Waals surface area contributed by atoms with E-state index in [4.69, 9.17) is 4.74 Å². The second kappa shape index (κ2) is 7.24. The molecule has 0 aromatic rings. The van der Waals surface area contributed by atoms with Gasteiger partial charge in [-0.15, -0.1) is 0 Å². The minimum Gasteiger partial charge on any atom is -0.377 e. The van der Waals surface area contributed by atoms with E-state index >= 15 is 0 Å². The van der Waals surface area contributed by atoms with Gasteiger partial charge in [0.05, 0.1) is 18.0 Å². The first-order chi connectivity index (χ1) is 8.84. The van der Waals surface area contributed by atoms with E-state index in [0.29, 0.717) is 13.2 Å².